The summed E-state index contributed by atoms with van der Waals surface area (Å²) in [4.78, 5) is 13.0. The third kappa shape index (κ3) is 5.17. The highest BCUT2D eigenvalue weighted by atomic mass is 16.5. The van der Waals surface area contributed by atoms with Crippen LogP contribution in [-0.4, -0.2) is 28.6 Å². The third-order valence-corrected chi connectivity index (χ3v) is 3.66. The van der Waals surface area contributed by atoms with E-state index in [9.17, 15) is 0 Å². The monoisotopic (exact) mass is 335 g/mol. The molecule has 128 valence electrons. The molecule has 1 aromatic carbocycles. The smallest absolute Gasteiger partial charge is 0.224 e. The van der Waals surface area contributed by atoms with Gasteiger partial charge < -0.3 is 15.4 Å². The van der Waals surface area contributed by atoms with E-state index < -0.39 is 0 Å². The molecule has 0 aliphatic rings. The van der Waals surface area contributed by atoms with E-state index in [1.807, 2.05) is 42.5 Å². The van der Waals surface area contributed by atoms with Gasteiger partial charge in [-0.15, -0.1) is 0 Å². The van der Waals surface area contributed by atoms with E-state index in [1.54, 1.807) is 19.5 Å². The Morgan fingerprint density at radius 3 is 2.76 bits per heavy atom. The largest absolute Gasteiger partial charge is 0.497 e. The van der Waals surface area contributed by atoms with Gasteiger partial charge in [-0.25, -0.2) is 4.98 Å². The predicted molar refractivity (Wildman–Crippen MR) is 98.8 cm³/mol. The van der Waals surface area contributed by atoms with Crippen LogP contribution in [0.2, 0.25) is 0 Å². The number of nitrogens with zero attached hydrogens (tertiary/aromatic N) is 3. The standard InChI is InChI=1S/C19H21N5O/c1-25-17-7-4-5-15(13-17)8-11-21-19-22-12-9-18(24-19)23-14-16-6-2-3-10-20-16/h2-7,9-10,12-13H,8,11,14H2,1H3,(H2,21,22,23,24). The Labute approximate surface area is 147 Å². The van der Waals surface area contributed by atoms with Crippen molar-refractivity contribution < 1.29 is 4.74 Å². The maximum atomic E-state index is 5.24. The van der Waals surface area contributed by atoms with Gasteiger partial charge in [0.25, 0.3) is 0 Å². The van der Waals surface area contributed by atoms with Gasteiger partial charge in [0.2, 0.25) is 5.95 Å². The van der Waals surface area contributed by atoms with Crippen LogP contribution in [0.25, 0.3) is 0 Å². The third-order valence-electron chi connectivity index (χ3n) is 3.66. The van der Waals surface area contributed by atoms with E-state index in [1.165, 1.54) is 5.56 Å². The minimum Gasteiger partial charge on any atom is -0.497 e. The average Bonchev–Trinajstić information content (AvgIpc) is 2.68. The Bertz CT molecular complexity index is 795. The Hall–Kier alpha value is -3.15. The molecule has 0 amide bonds. The first-order valence-corrected chi connectivity index (χ1v) is 8.17. The van der Waals surface area contributed by atoms with Crippen molar-refractivity contribution in [2.75, 3.05) is 24.3 Å². The van der Waals surface area contributed by atoms with E-state index in [0.717, 1.165) is 30.2 Å². The number of aromatic nitrogens is 3. The number of nitrogens with one attached hydrogen (secondary N) is 2. The summed E-state index contributed by atoms with van der Waals surface area (Å²) in [5, 5.41) is 6.50. The maximum absolute atomic E-state index is 5.24. The van der Waals surface area contributed by atoms with E-state index >= 15 is 0 Å². The summed E-state index contributed by atoms with van der Waals surface area (Å²) in [6.45, 7) is 1.37. The number of hydrogen-bond acceptors (Lipinski definition) is 6. The molecule has 6 nitrogen and oxygen atoms in total. The van der Waals surface area contributed by atoms with Gasteiger partial charge in [-0.2, -0.15) is 4.98 Å². The van der Waals surface area contributed by atoms with Crippen LogP contribution in [0.5, 0.6) is 5.75 Å². The highest BCUT2D eigenvalue weighted by Gasteiger charge is 2.01. The molecule has 0 fully saturated rings. The van der Waals surface area contributed by atoms with E-state index in [0.29, 0.717) is 12.5 Å². The van der Waals surface area contributed by atoms with Crippen molar-refractivity contribution >= 4 is 11.8 Å². The SMILES string of the molecule is COc1cccc(CCNc2nccc(NCc3ccccn3)n2)c1. The lowest BCUT2D eigenvalue weighted by molar-refractivity contribution is 0.414. The van der Waals surface area contributed by atoms with Crippen LogP contribution >= 0.6 is 0 Å². The summed E-state index contributed by atoms with van der Waals surface area (Å²) in [5.74, 6) is 2.24. The summed E-state index contributed by atoms with van der Waals surface area (Å²) < 4.78 is 5.24. The maximum Gasteiger partial charge on any atom is 0.224 e. The molecule has 0 bridgehead atoms. The van der Waals surface area contributed by atoms with Crippen molar-refractivity contribution in [2.45, 2.75) is 13.0 Å². The van der Waals surface area contributed by atoms with Crippen LogP contribution in [0.1, 0.15) is 11.3 Å². The Morgan fingerprint density at radius 2 is 1.92 bits per heavy atom. The number of methoxy groups -OCH3 is 1. The number of anilines is 2. The molecule has 0 atom stereocenters. The van der Waals surface area contributed by atoms with Gasteiger partial charge in [0, 0.05) is 18.9 Å². The summed E-state index contributed by atoms with van der Waals surface area (Å²) in [6, 6.07) is 15.7. The highest BCUT2D eigenvalue weighted by Crippen LogP contribution is 2.13. The molecule has 6 heteroatoms. The molecular weight excluding hydrogens is 314 g/mol. The summed E-state index contributed by atoms with van der Waals surface area (Å²) >= 11 is 0. The van der Waals surface area contributed by atoms with Gasteiger partial charge in [0.15, 0.2) is 0 Å². The van der Waals surface area contributed by atoms with Gasteiger partial charge in [-0.3, -0.25) is 4.98 Å². The molecule has 2 heterocycles. The highest BCUT2D eigenvalue weighted by molar-refractivity contribution is 5.40. The molecule has 0 saturated heterocycles. The Balaban J connectivity index is 1.51. The van der Waals surface area contributed by atoms with Crippen molar-refractivity contribution in [3.8, 4) is 5.75 Å². The van der Waals surface area contributed by atoms with Crippen LogP contribution in [-0.2, 0) is 13.0 Å². The minimum absolute atomic E-state index is 0.605. The van der Waals surface area contributed by atoms with Crippen LogP contribution < -0.4 is 15.4 Å². The molecule has 0 unspecified atom stereocenters. The van der Waals surface area contributed by atoms with Gasteiger partial charge in [-0.1, -0.05) is 18.2 Å². The zero-order chi connectivity index (χ0) is 17.3. The molecule has 25 heavy (non-hydrogen) atoms. The molecule has 2 N–H and O–H groups in total. The molecule has 0 aliphatic carbocycles. The van der Waals surface area contributed by atoms with Crippen LogP contribution in [0, 0.1) is 0 Å². The fourth-order valence-electron chi connectivity index (χ4n) is 2.37. The summed E-state index contributed by atoms with van der Waals surface area (Å²) in [6.07, 6.45) is 4.39. The normalized spacial score (nSPS) is 10.3. The Morgan fingerprint density at radius 1 is 0.960 bits per heavy atom. The average molecular weight is 335 g/mol. The number of ether oxygens (including phenoxy) is 1. The predicted octanol–water partition coefficient (Wildman–Crippen LogP) is 3.15. The number of rotatable bonds is 8. The molecule has 0 saturated carbocycles. The first-order valence-electron chi connectivity index (χ1n) is 8.17. The number of pyridine rings is 1. The Kier molecular flexibility index (Phi) is 5.77. The van der Waals surface area contributed by atoms with Gasteiger partial charge in [0.1, 0.15) is 11.6 Å². The van der Waals surface area contributed by atoms with Crippen molar-refractivity contribution in [3.05, 3.63) is 72.2 Å². The lowest BCUT2D eigenvalue weighted by Crippen LogP contribution is -2.10. The topological polar surface area (TPSA) is 72.0 Å². The van der Waals surface area contributed by atoms with Crippen LogP contribution in [0.4, 0.5) is 11.8 Å². The quantitative estimate of drug-likeness (QED) is 0.659. The van der Waals surface area contributed by atoms with E-state index in [2.05, 4.69) is 31.7 Å². The molecule has 0 aliphatic heterocycles. The molecule has 0 radical (unpaired) electrons. The molecular formula is C19H21N5O. The second-order valence-electron chi connectivity index (χ2n) is 5.47. The van der Waals surface area contributed by atoms with Crippen molar-refractivity contribution in [2.24, 2.45) is 0 Å². The second kappa shape index (κ2) is 8.63. The summed E-state index contributed by atoms with van der Waals surface area (Å²) in [5.41, 5.74) is 2.17. The van der Waals surface area contributed by atoms with Gasteiger partial charge >= 0.3 is 0 Å². The van der Waals surface area contributed by atoms with E-state index in [4.69, 9.17) is 4.74 Å². The fourth-order valence-corrected chi connectivity index (χ4v) is 2.37. The van der Waals surface area contributed by atoms with Gasteiger partial charge in [-0.05, 0) is 42.3 Å². The minimum atomic E-state index is 0.605. The van der Waals surface area contributed by atoms with Crippen LogP contribution in [0.3, 0.4) is 0 Å². The second-order valence-corrected chi connectivity index (χ2v) is 5.47. The summed E-state index contributed by atoms with van der Waals surface area (Å²) in [7, 11) is 1.68. The lowest BCUT2D eigenvalue weighted by atomic mass is 10.1. The molecule has 3 rings (SSSR count). The zero-order valence-corrected chi connectivity index (χ0v) is 14.1. The van der Waals surface area contributed by atoms with Gasteiger partial charge in [0.05, 0.1) is 19.3 Å². The molecule has 0 spiro atoms. The fraction of sp³-hybridized carbons (Fsp3) is 0.211. The lowest BCUT2D eigenvalue weighted by Gasteiger charge is -2.09. The van der Waals surface area contributed by atoms with Crippen LogP contribution in [0.15, 0.2) is 60.9 Å². The molecule has 3 aromatic rings. The first kappa shape index (κ1) is 16.7. The van der Waals surface area contributed by atoms with Crippen molar-refractivity contribution in [1.82, 2.24) is 15.0 Å². The number of hydrogen-bond donors (Lipinski definition) is 2. The number of benzene rings is 1. The zero-order valence-electron chi connectivity index (χ0n) is 14.1. The molecule has 2 aromatic heterocycles. The van der Waals surface area contributed by atoms with Crippen molar-refractivity contribution in [1.29, 1.82) is 0 Å². The van der Waals surface area contributed by atoms with Crippen molar-refractivity contribution in [3.63, 3.8) is 0 Å². The first-order chi connectivity index (χ1) is 12.3. The van der Waals surface area contributed by atoms with E-state index in [-0.39, 0.29) is 0 Å².